The van der Waals surface area contributed by atoms with Gasteiger partial charge in [-0.15, -0.1) is 11.6 Å². The second kappa shape index (κ2) is 6.90. The van der Waals surface area contributed by atoms with E-state index in [2.05, 4.69) is 29.6 Å². The van der Waals surface area contributed by atoms with Gasteiger partial charge in [-0.1, -0.05) is 37.8 Å². The summed E-state index contributed by atoms with van der Waals surface area (Å²) in [5, 5.41) is 3.66. The van der Waals surface area contributed by atoms with E-state index in [4.69, 9.17) is 11.6 Å². The largest absolute Gasteiger partial charge is 0.382 e. The SMILES string of the molecule is ClCCc1ccc(NC2CCCCCC2)cc1. The molecule has 0 atom stereocenters. The first-order chi connectivity index (χ1) is 8.38. The van der Waals surface area contributed by atoms with Gasteiger partial charge in [0.1, 0.15) is 0 Å². The van der Waals surface area contributed by atoms with E-state index in [1.54, 1.807) is 0 Å². The Balaban J connectivity index is 1.88. The predicted molar refractivity (Wildman–Crippen MR) is 76.0 cm³/mol. The molecule has 1 aromatic carbocycles. The van der Waals surface area contributed by atoms with Crippen LogP contribution in [-0.2, 0) is 6.42 Å². The third-order valence-corrected chi connectivity index (χ3v) is 3.75. The smallest absolute Gasteiger partial charge is 0.0342 e. The zero-order valence-electron chi connectivity index (χ0n) is 10.4. The Labute approximate surface area is 110 Å². The minimum Gasteiger partial charge on any atom is -0.382 e. The molecule has 1 aliphatic carbocycles. The first-order valence-corrected chi connectivity index (χ1v) is 7.33. The van der Waals surface area contributed by atoms with Crippen LogP contribution < -0.4 is 5.32 Å². The third kappa shape index (κ3) is 4.23. The highest BCUT2D eigenvalue weighted by Crippen LogP contribution is 2.21. The third-order valence-electron chi connectivity index (χ3n) is 3.56. The maximum Gasteiger partial charge on any atom is 0.0342 e. The van der Waals surface area contributed by atoms with Crippen LogP contribution >= 0.6 is 11.6 Å². The van der Waals surface area contributed by atoms with Crippen LogP contribution in [0, 0.1) is 0 Å². The fourth-order valence-electron chi connectivity index (χ4n) is 2.54. The monoisotopic (exact) mass is 251 g/mol. The van der Waals surface area contributed by atoms with Crippen molar-refractivity contribution in [2.75, 3.05) is 11.2 Å². The second-order valence-corrected chi connectivity index (χ2v) is 5.35. The van der Waals surface area contributed by atoms with E-state index in [-0.39, 0.29) is 0 Å². The van der Waals surface area contributed by atoms with Crippen LogP contribution in [-0.4, -0.2) is 11.9 Å². The number of aryl methyl sites for hydroxylation is 1. The average Bonchev–Trinajstić information content (AvgIpc) is 2.61. The maximum absolute atomic E-state index is 5.73. The molecule has 2 rings (SSSR count). The molecular weight excluding hydrogens is 230 g/mol. The lowest BCUT2D eigenvalue weighted by molar-refractivity contribution is 0.620. The van der Waals surface area contributed by atoms with Gasteiger partial charge in [0.2, 0.25) is 0 Å². The van der Waals surface area contributed by atoms with Crippen molar-refractivity contribution in [3.8, 4) is 0 Å². The lowest BCUT2D eigenvalue weighted by atomic mass is 10.1. The van der Waals surface area contributed by atoms with E-state index >= 15 is 0 Å². The van der Waals surface area contributed by atoms with Crippen molar-refractivity contribution in [3.63, 3.8) is 0 Å². The molecule has 0 aliphatic heterocycles. The molecule has 94 valence electrons. The molecule has 1 aromatic rings. The Kier molecular flexibility index (Phi) is 5.18. The number of hydrogen-bond donors (Lipinski definition) is 1. The average molecular weight is 252 g/mol. The Morgan fingerprint density at radius 2 is 1.65 bits per heavy atom. The van der Waals surface area contributed by atoms with Crippen LogP contribution in [0.5, 0.6) is 0 Å². The van der Waals surface area contributed by atoms with Crippen molar-refractivity contribution < 1.29 is 0 Å². The topological polar surface area (TPSA) is 12.0 Å². The molecule has 2 heteroatoms. The molecule has 0 unspecified atom stereocenters. The van der Waals surface area contributed by atoms with E-state index in [0.717, 1.165) is 6.42 Å². The van der Waals surface area contributed by atoms with Crippen molar-refractivity contribution in [2.24, 2.45) is 0 Å². The lowest BCUT2D eigenvalue weighted by Crippen LogP contribution is -2.18. The summed E-state index contributed by atoms with van der Waals surface area (Å²) in [5.74, 6) is 0.704. The molecule has 0 heterocycles. The highest BCUT2D eigenvalue weighted by atomic mass is 35.5. The van der Waals surface area contributed by atoms with Gasteiger partial charge in [0, 0.05) is 17.6 Å². The molecule has 1 fully saturated rings. The van der Waals surface area contributed by atoms with Crippen molar-refractivity contribution in [1.82, 2.24) is 0 Å². The number of anilines is 1. The minimum absolute atomic E-state index is 0.677. The van der Waals surface area contributed by atoms with Gasteiger partial charge in [-0.3, -0.25) is 0 Å². The second-order valence-electron chi connectivity index (χ2n) is 4.97. The molecule has 0 bridgehead atoms. The summed E-state index contributed by atoms with van der Waals surface area (Å²) >= 11 is 5.73. The van der Waals surface area contributed by atoms with E-state index in [0.29, 0.717) is 11.9 Å². The predicted octanol–water partition coefficient (Wildman–Crippen LogP) is 4.60. The van der Waals surface area contributed by atoms with Gasteiger partial charge in [-0.2, -0.15) is 0 Å². The first kappa shape index (κ1) is 12.8. The lowest BCUT2D eigenvalue weighted by Gasteiger charge is -2.17. The van der Waals surface area contributed by atoms with Crippen LogP contribution in [0.3, 0.4) is 0 Å². The highest BCUT2D eigenvalue weighted by Gasteiger charge is 2.11. The molecule has 1 N–H and O–H groups in total. The van der Waals surface area contributed by atoms with Crippen LogP contribution in [0.1, 0.15) is 44.1 Å². The molecule has 1 nitrogen and oxygen atoms in total. The number of hydrogen-bond acceptors (Lipinski definition) is 1. The summed E-state index contributed by atoms with van der Waals surface area (Å²) in [5.41, 5.74) is 2.58. The molecule has 0 saturated heterocycles. The maximum atomic E-state index is 5.73. The van der Waals surface area contributed by atoms with Crippen molar-refractivity contribution in [2.45, 2.75) is 51.0 Å². The van der Waals surface area contributed by atoms with Crippen molar-refractivity contribution in [1.29, 1.82) is 0 Å². The quantitative estimate of drug-likeness (QED) is 0.609. The van der Waals surface area contributed by atoms with Crippen LogP contribution in [0.4, 0.5) is 5.69 Å². The summed E-state index contributed by atoms with van der Waals surface area (Å²) < 4.78 is 0. The Morgan fingerprint density at radius 3 is 2.24 bits per heavy atom. The van der Waals surface area contributed by atoms with Crippen LogP contribution in [0.15, 0.2) is 24.3 Å². The number of benzene rings is 1. The standard InChI is InChI=1S/C15H22ClN/c16-12-11-13-7-9-15(10-8-13)17-14-5-3-1-2-4-6-14/h7-10,14,17H,1-6,11-12H2. The molecular formula is C15H22ClN. The Morgan fingerprint density at radius 1 is 1.00 bits per heavy atom. The summed E-state index contributed by atoms with van der Waals surface area (Å²) in [7, 11) is 0. The normalized spacial score (nSPS) is 17.7. The van der Waals surface area contributed by atoms with Gasteiger partial charge in [-0.05, 0) is 37.0 Å². The molecule has 0 amide bonds. The van der Waals surface area contributed by atoms with Crippen molar-refractivity contribution >= 4 is 17.3 Å². The molecule has 0 radical (unpaired) electrons. The van der Waals surface area contributed by atoms with Gasteiger partial charge >= 0.3 is 0 Å². The van der Waals surface area contributed by atoms with Gasteiger partial charge in [0.05, 0.1) is 0 Å². The zero-order valence-corrected chi connectivity index (χ0v) is 11.2. The summed E-state index contributed by atoms with van der Waals surface area (Å²) in [4.78, 5) is 0. The Bertz CT molecular complexity index is 312. The van der Waals surface area contributed by atoms with E-state index < -0.39 is 0 Å². The summed E-state index contributed by atoms with van der Waals surface area (Å²) in [6.07, 6.45) is 9.18. The molecule has 17 heavy (non-hydrogen) atoms. The summed E-state index contributed by atoms with van der Waals surface area (Å²) in [6, 6.07) is 9.42. The number of rotatable bonds is 4. The zero-order chi connectivity index (χ0) is 11.9. The molecule has 1 saturated carbocycles. The van der Waals surface area contributed by atoms with Gasteiger partial charge in [0.15, 0.2) is 0 Å². The van der Waals surface area contributed by atoms with E-state index in [1.807, 2.05) is 0 Å². The fraction of sp³-hybridized carbons (Fsp3) is 0.600. The number of nitrogens with one attached hydrogen (secondary N) is 1. The molecule has 1 aliphatic rings. The molecule has 0 spiro atoms. The number of alkyl halides is 1. The minimum atomic E-state index is 0.677. The van der Waals surface area contributed by atoms with Crippen molar-refractivity contribution in [3.05, 3.63) is 29.8 Å². The number of halogens is 1. The highest BCUT2D eigenvalue weighted by molar-refractivity contribution is 6.17. The fourth-order valence-corrected chi connectivity index (χ4v) is 2.75. The first-order valence-electron chi connectivity index (χ1n) is 6.80. The van der Waals surface area contributed by atoms with E-state index in [9.17, 15) is 0 Å². The molecule has 0 aromatic heterocycles. The van der Waals surface area contributed by atoms with Crippen LogP contribution in [0.2, 0.25) is 0 Å². The van der Waals surface area contributed by atoms with Gasteiger partial charge < -0.3 is 5.32 Å². The van der Waals surface area contributed by atoms with E-state index in [1.165, 1.54) is 49.8 Å². The van der Waals surface area contributed by atoms with Gasteiger partial charge in [-0.25, -0.2) is 0 Å². The van der Waals surface area contributed by atoms with Crippen LogP contribution in [0.25, 0.3) is 0 Å². The summed E-state index contributed by atoms with van der Waals surface area (Å²) in [6.45, 7) is 0. The Hall–Kier alpha value is -0.690. The van der Waals surface area contributed by atoms with Gasteiger partial charge in [0.25, 0.3) is 0 Å².